The third kappa shape index (κ3) is 5.18. The summed E-state index contributed by atoms with van der Waals surface area (Å²) in [5, 5.41) is 6.15. The van der Waals surface area contributed by atoms with Gasteiger partial charge in [0.25, 0.3) is 0 Å². The number of carbonyl (C=O) groups excluding carboxylic acids is 1. The van der Waals surface area contributed by atoms with Crippen LogP contribution in [-0.4, -0.2) is 61.4 Å². The predicted molar refractivity (Wildman–Crippen MR) is 136 cm³/mol. The first-order valence-corrected chi connectivity index (χ1v) is 12.2. The van der Waals surface area contributed by atoms with Crippen molar-refractivity contribution in [1.82, 2.24) is 34.7 Å². The maximum atomic E-state index is 14.9. The summed E-state index contributed by atoms with van der Waals surface area (Å²) in [5.74, 6) is 0.110. The number of hydrogen-bond donors (Lipinski definition) is 2. The Bertz CT molecular complexity index is 1440. The molecular weight excluding hydrogens is 478 g/mol. The van der Waals surface area contributed by atoms with Crippen LogP contribution < -0.4 is 10.6 Å². The van der Waals surface area contributed by atoms with Gasteiger partial charge in [-0.15, -0.1) is 0 Å². The maximum Gasteiger partial charge on any atom is 0.229 e. The standard InChI is InChI=1S/C26H28F2N8O/c1-15(2)36-16(3)32-25-20(27)8-18(9-22(25)36)24-21(28)11-31-26(34-24)33-23-5-4-17(10-30-23)12-35-7-6-29-19(13-35)14-37/h4-5,8-11,14-15,19,29H,6-7,12-13H2,1-3H3,(H,30,31,33,34). The molecule has 1 fully saturated rings. The molecule has 0 saturated carbocycles. The van der Waals surface area contributed by atoms with Gasteiger partial charge in [-0.05, 0) is 44.5 Å². The molecule has 1 aromatic carbocycles. The van der Waals surface area contributed by atoms with Crippen molar-refractivity contribution >= 4 is 29.1 Å². The Morgan fingerprint density at radius 3 is 2.73 bits per heavy atom. The highest BCUT2D eigenvalue weighted by Gasteiger charge is 2.20. The van der Waals surface area contributed by atoms with Crippen molar-refractivity contribution in [3.63, 3.8) is 0 Å². The van der Waals surface area contributed by atoms with Gasteiger partial charge in [0.05, 0.1) is 17.8 Å². The third-order valence-corrected chi connectivity index (χ3v) is 6.38. The first-order valence-electron chi connectivity index (χ1n) is 12.2. The Hall–Kier alpha value is -3.83. The Kier molecular flexibility index (Phi) is 6.90. The summed E-state index contributed by atoms with van der Waals surface area (Å²) < 4.78 is 31.6. The molecule has 4 aromatic rings. The van der Waals surface area contributed by atoms with Crippen LogP contribution in [0.1, 0.15) is 31.3 Å². The smallest absolute Gasteiger partial charge is 0.229 e. The van der Waals surface area contributed by atoms with Crippen molar-refractivity contribution in [1.29, 1.82) is 0 Å². The minimum absolute atomic E-state index is 0.0208. The van der Waals surface area contributed by atoms with E-state index in [1.165, 1.54) is 6.07 Å². The topological polar surface area (TPSA) is 101 Å². The Balaban J connectivity index is 1.37. The number of benzene rings is 1. The van der Waals surface area contributed by atoms with Gasteiger partial charge in [-0.1, -0.05) is 6.07 Å². The Labute approximate surface area is 213 Å². The van der Waals surface area contributed by atoms with Crippen LogP contribution in [0.25, 0.3) is 22.3 Å². The highest BCUT2D eigenvalue weighted by atomic mass is 19.1. The summed E-state index contributed by atoms with van der Waals surface area (Å²) >= 11 is 0. The maximum absolute atomic E-state index is 14.9. The van der Waals surface area contributed by atoms with Crippen LogP contribution in [0.4, 0.5) is 20.5 Å². The predicted octanol–water partition coefficient (Wildman–Crippen LogP) is 3.77. The highest BCUT2D eigenvalue weighted by molar-refractivity contribution is 5.83. The molecule has 1 atom stereocenters. The fourth-order valence-electron chi connectivity index (χ4n) is 4.73. The fourth-order valence-corrected chi connectivity index (χ4v) is 4.73. The second-order valence-corrected chi connectivity index (χ2v) is 9.45. The van der Waals surface area contributed by atoms with Crippen LogP contribution in [0.3, 0.4) is 0 Å². The molecule has 0 spiro atoms. The Morgan fingerprint density at radius 1 is 1.16 bits per heavy atom. The summed E-state index contributed by atoms with van der Waals surface area (Å²) in [6.07, 6.45) is 3.73. The molecule has 0 amide bonds. The van der Waals surface area contributed by atoms with E-state index in [0.717, 1.165) is 31.1 Å². The molecule has 37 heavy (non-hydrogen) atoms. The lowest BCUT2D eigenvalue weighted by molar-refractivity contribution is -0.110. The number of carbonyl (C=O) groups is 1. The van der Waals surface area contributed by atoms with Crippen molar-refractivity contribution < 1.29 is 13.6 Å². The number of pyridine rings is 1. The van der Waals surface area contributed by atoms with Crippen LogP contribution in [0.2, 0.25) is 0 Å². The third-order valence-electron chi connectivity index (χ3n) is 6.38. The molecule has 3 aromatic heterocycles. The fraction of sp³-hybridized carbons (Fsp3) is 0.346. The molecule has 1 aliphatic heterocycles. The van der Waals surface area contributed by atoms with E-state index in [2.05, 4.69) is 35.5 Å². The monoisotopic (exact) mass is 506 g/mol. The average molecular weight is 507 g/mol. The van der Waals surface area contributed by atoms with Crippen molar-refractivity contribution in [2.45, 2.75) is 39.4 Å². The Morgan fingerprint density at radius 2 is 2.00 bits per heavy atom. The van der Waals surface area contributed by atoms with E-state index in [4.69, 9.17) is 0 Å². The molecule has 11 heteroatoms. The number of hydrogen-bond acceptors (Lipinski definition) is 8. The number of anilines is 2. The number of fused-ring (bicyclic) bond motifs is 1. The normalized spacial score (nSPS) is 16.4. The highest BCUT2D eigenvalue weighted by Crippen LogP contribution is 2.30. The molecule has 0 bridgehead atoms. The zero-order valence-corrected chi connectivity index (χ0v) is 20.9. The summed E-state index contributed by atoms with van der Waals surface area (Å²) in [6, 6.07) is 6.56. The number of imidazole rings is 1. The van der Waals surface area contributed by atoms with Gasteiger partial charge in [0.15, 0.2) is 11.6 Å². The minimum Gasteiger partial charge on any atom is -0.326 e. The minimum atomic E-state index is -0.662. The largest absolute Gasteiger partial charge is 0.326 e. The van der Waals surface area contributed by atoms with Crippen molar-refractivity contribution in [3.05, 3.63) is 59.7 Å². The van der Waals surface area contributed by atoms with Crippen LogP contribution in [0, 0.1) is 18.6 Å². The number of piperazine rings is 1. The number of nitrogens with zero attached hydrogens (tertiary/aromatic N) is 6. The van der Waals surface area contributed by atoms with Crippen molar-refractivity contribution in [2.75, 3.05) is 25.0 Å². The lowest BCUT2D eigenvalue weighted by Crippen LogP contribution is -2.50. The van der Waals surface area contributed by atoms with E-state index < -0.39 is 11.6 Å². The summed E-state index contributed by atoms with van der Waals surface area (Å²) in [4.78, 5) is 30.4. The number of aryl methyl sites for hydroxylation is 1. The van der Waals surface area contributed by atoms with Gasteiger partial charge in [0.1, 0.15) is 29.1 Å². The van der Waals surface area contributed by atoms with E-state index in [1.807, 2.05) is 31.4 Å². The number of nitrogens with one attached hydrogen (secondary N) is 2. The summed E-state index contributed by atoms with van der Waals surface area (Å²) in [7, 11) is 0. The van der Waals surface area contributed by atoms with E-state index in [9.17, 15) is 13.6 Å². The SMILES string of the molecule is Cc1nc2c(F)cc(-c3nc(Nc4ccc(CN5CCNC(C=O)C5)cn4)ncc3F)cc2n1C(C)C. The van der Waals surface area contributed by atoms with E-state index >= 15 is 0 Å². The second-order valence-electron chi connectivity index (χ2n) is 9.45. The summed E-state index contributed by atoms with van der Waals surface area (Å²) in [5.41, 5.74) is 2.10. The number of halogens is 2. The lowest BCUT2D eigenvalue weighted by Gasteiger charge is -2.30. The molecule has 2 N–H and O–H groups in total. The first-order chi connectivity index (χ1) is 17.8. The molecule has 1 saturated heterocycles. The molecule has 1 aliphatic rings. The molecule has 0 aliphatic carbocycles. The molecule has 1 unspecified atom stereocenters. The molecular formula is C26H28F2N8O. The van der Waals surface area contributed by atoms with Crippen LogP contribution >= 0.6 is 0 Å². The zero-order chi connectivity index (χ0) is 26.1. The van der Waals surface area contributed by atoms with Crippen LogP contribution in [0.5, 0.6) is 0 Å². The zero-order valence-electron chi connectivity index (χ0n) is 20.9. The number of rotatable bonds is 7. The summed E-state index contributed by atoms with van der Waals surface area (Å²) in [6.45, 7) is 8.72. The van der Waals surface area contributed by atoms with E-state index in [1.54, 1.807) is 18.3 Å². The second kappa shape index (κ2) is 10.3. The van der Waals surface area contributed by atoms with Crippen LogP contribution in [0.15, 0.2) is 36.7 Å². The average Bonchev–Trinajstić information content (AvgIpc) is 3.23. The van der Waals surface area contributed by atoms with Gasteiger partial charge >= 0.3 is 0 Å². The number of aromatic nitrogens is 5. The van der Waals surface area contributed by atoms with Crippen molar-refractivity contribution in [2.24, 2.45) is 0 Å². The van der Waals surface area contributed by atoms with Gasteiger partial charge in [-0.2, -0.15) is 0 Å². The van der Waals surface area contributed by atoms with Crippen molar-refractivity contribution in [3.8, 4) is 11.3 Å². The van der Waals surface area contributed by atoms with Gasteiger partial charge in [-0.25, -0.2) is 28.7 Å². The van der Waals surface area contributed by atoms with Gasteiger partial charge < -0.3 is 20.0 Å². The molecule has 192 valence electrons. The number of aldehydes is 1. The van der Waals surface area contributed by atoms with E-state index in [0.29, 0.717) is 35.8 Å². The van der Waals surface area contributed by atoms with Crippen LogP contribution in [-0.2, 0) is 11.3 Å². The molecule has 0 radical (unpaired) electrons. The quantitative estimate of drug-likeness (QED) is 0.366. The molecule has 5 rings (SSSR count). The van der Waals surface area contributed by atoms with Gasteiger partial charge in [-0.3, -0.25) is 4.90 Å². The molecule has 4 heterocycles. The lowest BCUT2D eigenvalue weighted by atomic mass is 10.1. The first kappa shape index (κ1) is 24.8. The van der Waals surface area contributed by atoms with Gasteiger partial charge in [0.2, 0.25) is 5.95 Å². The van der Waals surface area contributed by atoms with Gasteiger partial charge in [0, 0.05) is 44.0 Å². The van der Waals surface area contributed by atoms with E-state index in [-0.39, 0.29) is 29.2 Å². The molecule has 9 nitrogen and oxygen atoms in total.